The molecule has 19 heavy (non-hydrogen) atoms. The molecule has 2 atom stereocenters. The summed E-state index contributed by atoms with van der Waals surface area (Å²) < 4.78 is 0. The molecule has 0 radical (unpaired) electrons. The number of carboxylic acid groups (broad SMARTS) is 1. The number of fused-ring (bicyclic) bond motifs is 1. The lowest BCUT2D eigenvalue weighted by atomic mass is 9.78. The summed E-state index contributed by atoms with van der Waals surface area (Å²) in [5.41, 5.74) is 0.0374. The number of anilines is 1. The van der Waals surface area contributed by atoms with Crippen LogP contribution >= 0.6 is 0 Å². The molecule has 1 aliphatic heterocycles. The maximum absolute atomic E-state index is 11.0. The fraction of sp³-hybridized carbons (Fsp3) is 0.643. The molecular weight excluding hydrogens is 242 g/mol. The number of hydrogen-bond donors (Lipinski definition) is 1. The summed E-state index contributed by atoms with van der Waals surface area (Å²) in [5, 5.41) is 9.02. The molecule has 1 aromatic heterocycles. The van der Waals surface area contributed by atoms with E-state index in [-0.39, 0.29) is 5.69 Å². The Morgan fingerprint density at radius 2 is 2.00 bits per heavy atom. The molecule has 1 aliphatic carbocycles. The third-order valence-corrected chi connectivity index (χ3v) is 4.38. The van der Waals surface area contributed by atoms with Crippen LogP contribution in [0.3, 0.4) is 0 Å². The summed E-state index contributed by atoms with van der Waals surface area (Å²) in [6, 6.07) is 0.529. The minimum Gasteiger partial charge on any atom is -0.476 e. The van der Waals surface area contributed by atoms with Gasteiger partial charge in [0.15, 0.2) is 5.69 Å². The number of nitrogens with zero attached hydrogens (tertiary/aromatic N) is 3. The highest BCUT2D eigenvalue weighted by Gasteiger charge is 2.34. The molecule has 1 aromatic rings. The average molecular weight is 261 g/mol. The normalized spacial score (nSPS) is 26.8. The minimum atomic E-state index is -1.01. The number of rotatable bonds is 2. The molecule has 3 rings (SSSR count). The van der Waals surface area contributed by atoms with E-state index in [1.165, 1.54) is 44.7 Å². The van der Waals surface area contributed by atoms with E-state index in [0.29, 0.717) is 6.04 Å². The van der Waals surface area contributed by atoms with Crippen molar-refractivity contribution in [1.82, 2.24) is 9.97 Å². The first-order valence-electron chi connectivity index (χ1n) is 7.07. The van der Waals surface area contributed by atoms with Gasteiger partial charge < -0.3 is 10.0 Å². The molecule has 0 amide bonds. The van der Waals surface area contributed by atoms with Crippen molar-refractivity contribution in [3.05, 3.63) is 18.1 Å². The Morgan fingerprint density at radius 3 is 2.84 bits per heavy atom. The highest BCUT2D eigenvalue weighted by Crippen LogP contribution is 2.36. The first-order chi connectivity index (χ1) is 9.25. The van der Waals surface area contributed by atoms with Crippen molar-refractivity contribution < 1.29 is 9.90 Å². The Balaban J connectivity index is 1.87. The number of hydrogen-bond acceptors (Lipinski definition) is 4. The highest BCUT2D eigenvalue weighted by atomic mass is 16.4. The van der Waals surface area contributed by atoms with Gasteiger partial charge in [-0.1, -0.05) is 12.8 Å². The first kappa shape index (κ1) is 12.4. The van der Waals surface area contributed by atoms with E-state index in [1.54, 1.807) is 6.20 Å². The van der Waals surface area contributed by atoms with Crippen LogP contribution in [0.15, 0.2) is 12.4 Å². The monoisotopic (exact) mass is 261 g/mol. The lowest BCUT2D eigenvalue weighted by Gasteiger charge is -2.44. The maximum atomic E-state index is 11.0. The molecule has 5 heteroatoms. The number of piperidine rings is 1. The van der Waals surface area contributed by atoms with E-state index in [0.717, 1.165) is 18.3 Å². The van der Waals surface area contributed by atoms with Gasteiger partial charge in [-0.15, -0.1) is 0 Å². The van der Waals surface area contributed by atoms with Crippen LogP contribution in [0.2, 0.25) is 0 Å². The summed E-state index contributed by atoms with van der Waals surface area (Å²) in [6.07, 6.45) is 10.6. The van der Waals surface area contributed by atoms with Gasteiger partial charge in [0.25, 0.3) is 0 Å². The zero-order valence-electron chi connectivity index (χ0n) is 11.0. The zero-order chi connectivity index (χ0) is 13.2. The third-order valence-electron chi connectivity index (χ3n) is 4.38. The van der Waals surface area contributed by atoms with E-state index in [1.807, 2.05) is 0 Å². The highest BCUT2D eigenvalue weighted by molar-refractivity contribution is 5.85. The number of aromatic nitrogens is 2. The quantitative estimate of drug-likeness (QED) is 0.885. The summed E-state index contributed by atoms with van der Waals surface area (Å²) in [4.78, 5) is 21.6. The molecule has 1 saturated carbocycles. The molecule has 2 unspecified atom stereocenters. The Bertz CT molecular complexity index is 476. The lowest BCUT2D eigenvalue weighted by molar-refractivity contribution is 0.0690. The van der Waals surface area contributed by atoms with Gasteiger partial charge in [-0.05, 0) is 31.6 Å². The SMILES string of the molecule is O=C(O)c1cncc(N2CCCC3CCCCC32)n1. The molecule has 2 fully saturated rings. The molecule has 102 valence electrons. The van der Waals surface area contributed by atoms with Crippen LogP contribution in [0.5, 0.6) is 0 Å². The van der Waals surface area contributed by atoms with Gasteiger partial charge in [-0.3, -0.25) is 4.98 Å². The minimum absolute atomic E-state index is 0.0374. The molecule has 0 spiro atoms. The van der Waals surface area contributed by atoms with Crippen molar-refractivity contribution in [2.24, 2.45) is 5.92 Å². The fourth-order valence-corrected chi connectivity index (χ4v) is 3.51. The van der Waals surface area contributed by atoms with Gasteiger partial charge >= 0.3 is 5.97 Å². The van der Waals surface area contributed by atoms with Gasteiger partial charge in [0.05, 0.1) is 12.4 Å². The van der Waals surface area contributed by atoms with Crippen LogP contribution < -0.4 is 4.90 Å². The summed E-state index contributed by atoms with van der Waals surface area (Å²) >= 11 is 0. The van der Waals surface area contributed by atoms with Gasteiger partial charge in [-0.25, -0.2) is 9.78 Å². The molecule has 0 aromatic carbocycles. The second kappa shape index (κ2) is 5.15. The largest absolute Gasteiger partial charge is 0.476 e. The number of carboxylic acids is 1. The van der Waals surface area contributed by atoms with E-state index in [4.69, 9.17) is 5.11 Å². The van der Waals surface area contributed by atoms with Crippen LogP contribution in [0.1, 0.15) is 49.0 Å². The summed E-state index contributed by atoms with van der Waals surface area (Å²) in [6.45, 7) is 0.971. The van der Waals surface area contributed by atoms with Crippen LogP contribution in [0.25, 0.3) is 0 Å². The molecule has 2 aliphatic rings. The predicted molar refractivity (Wildman–Crippen MR) is 71.3 cm³/mol. The van der Waals surface area contributed by atoms with Gasteiger partial charge in [0.2, 0.25) is 0 Å². The van der Waals surface area contributed by atoms with Crippen LogP contribution in [0.4, 0.5) is 5.82 Å². The van der Waals surface area contributed by atoms with E-state index >= 15 is 0 Å². The van der Waals surface area contributed by atoms with Crippen LogP contribution in [-0.2, 0) is 0 Å². The van der Waals surface area contributed by atoms with E-state index in [9.17, 15) is 4.79 Å². The van der Waals surface area contributed by atoms with Gasteiger partial charge in [0, 0.05) is 12.6 Å². The topological polar surface area (TPSA) is 66.3 Å². The first-order valence-corrected chi connectivity index (χ1v) is 7.07. The molecule has 0 bridgehead atoms. The van der Waals surface area contributed by atoms with Gasteiger partial charge in [-0.2, -0.15) is 0 Å². The standard InChI is InChI=1S/C14H19N3O2/c18-14(19)11-8-15-9-13(16-11)17-7-3-5-10-4-1-2-6-12(10)17/h8-10,12H,1-7H2,(H,18,19). The van der Waals surface area contributed by atoms with Crippen molar-refractivity contribution >= 4 is 11.8 Å². The van der Waals surface area contributed by atoms with Crippen molar-refractivity contribution in [3.63, 3.8) is 0 Å². The van der Waals surface area contributed by atoms with Gasteiger partial charge in [0.1, 0.15) is 5.82 Å². The Hall–Kier alpha value is -1.65. The predicted octanol–water partition coefficient (Wildman–Crippen LogP) is 2.33. The van der Waals surface area contributed by atoms with Crippen molar-refractivity contribution in [2.75, 3.05) is 11.4 Å². The second-order valence-corrected chi connectivity index (χ2v) is 5.52. The van der Waals surface area contributed by atoms with Crippen molar-refractivity contribution in [3.8, 4) is 0 Å². The van der Waals surface area contributed by atoms with Crippen LogP contribution in [0, 0.1) is 5.92 Å². The molecule has 1 N–H and O–H groups in total. The Kier molecular flexibility index (Phi) is 3.36. The van der Waals surface area contributed by atoms with Crippen molar-refractivity contribution in [1.29, 1.82) is 0 Å². The Labute approximate surface area is 112 Å². The third kappa shape index (κ3) is 2.41. The van der Waals surface area contributed by atoms with Crippen molar-refractivity contribution in [2.45, 2.75) is 44.6 Å². The van der Waals surface area contributed by atoms with Crippen LogP contribution in [-0.4, -0.2) is 33.6 Å². The number of carbonyl (C=O) groups is 1. The fourth-order valence-electron chi connectivity index (χ4n) is 3.51. The zero-order valence-corrected chi connectivity index (χ0v) is 11.0. The second-order valence-electron chi connectivity index (χ2n) is 5.52. The van der Waals surface area contributed by atoms with E-state index in [2.05, 4.69) is 14.9 Å². The lowest BCUT2D eigenvalue weighted by Crippen LogP contribution is -2.47. The number of aromatic carboxylic acids is 1. The summed E-state index contributed by atoms with van der Waals surface area (Å²) in [5.74, 6) is 0.473. The molecular formula is C14H19N3O2. The molecule has 2 heterocycles. The maximum Gasteiger partial charge on any atom is 0.356 e. The summed E-state index contributed by atoms with van der Waals surface area (Å²) in [7, 11) is 0. The average Bonchev–Trinajstić information content (AvgIpc) is 2.47. The smallest absolute Gasteiger partial charge is 0.356 e. The Morgan fingerprint density at radius 1 is 1.21 bits per heavy atom. The van der Waals surface area contributed by atoms with E-state index < -0.39 is 5.97 Å². The molecule has 1 saturated heterocycles. The molecule has 5 nitrogen and oxygen atoms in total.